The van der Waals surface area contributed by atoms with Crippen LogP contribution in [0.15, 0.2) is 36.8 Å². The van der Waals surface area contributed by atoms with Gasteiger partial charge in [0.05, 0.1) is 37.1 Å². The summed E-state index contributed by atoms with van der Waals surface area (Å²) in [4.78, 5) is 25.7. The van der Waals surface area contributed by atoms with Crippen LogP contribution < -0.4 is 4.74 Å². The van der Waals surface area contributed by atoms with Crippen molar-refractivity contribution in [3.63, 3.8) is 0 Å². The second-order valence-corrected chi connectivity index (χ2v) is 8.13. The van der Waals surface area contributed by atoms with Crippen LogP contribution in [-0.4, -0.2) is 39.2 Å². The summed E-state index contributed by atoms with van der Waals surface area (Å²) < 4.78 is 12.7. The van der Waals surface area contributed by atoms with Gasteiger partial charge in [-0.1, -0.05) is 26.8 Å². The second-order valence-electron chi connectivity index (χ2n) is 8.13. The van der Waals surface area contributed by atoms with Gasteiger partial charge in [0.2, 0.25) is 0 Å². The van der Waals surface area contributed by atoms with E-state index in [-0.39, 0.29) is 11.1 Å². The van der Waals surface area contributed by atoms with Crippen molar-refractivity contribution in [2.45, 2.75) is 46.5 Å². The minimum Gasteiger partial charge on any atom is -0.495 e. The highest BCUT2D eigenvalue weighted by molar-refractivity contribution is 5.87. The molecule has 30 heavy (non-hydrogen) atoms. The van der Waals surface area contributed by atoms with Crippen molar-refractivity contribution in [3.05, 3.63) is 65.3 Å². The van der Waals surface area contributed by atoms with E-state index >= 15 is 0 Å². The summed E-state index contributed by atoms with van der Waals surface area (Å²) in [5.74, 6) is 0.858. The fourth-order valence-electron chi connectivity index (χ4n) is 3.05. The van der Waals surface area contributed by atoms with Gasteiger partial charge in [0.25, 0.3) is 0 Å². The third kappa shape index (κ3) is 4.84. The zero-order valence-electron chi connectivity index (χ0n) is 18.4. The summed E-state index contributed by atoms with van der Waals surface area (Å²) in [6.45, 7) is 10.2. The lowest BCUT2D eigenvalue weighted by Gasteiger charge is -2.19. The lowest BCUT2D eigenvalue weighted by molar-refractivity contribution is 0.0518. The van der Waals surface area contributed by atoms with Gasteiger partial charge in [-0.25, -0.2) is 19.7 Å². The molecule has 2 aromatic heterocycles. The third-order valence-corrected chi connectivity index (χ3v) is 4.62. The molecule has 158 valence electrons. The molecule has 0 saturated heterocycles. The largest absolute Gasteiger partial charge is 0.495 e. The Morgan fingerprint density at radius 2 is 1.93 bits per heavy atom. The number of nitrogens with zero attached hydrogens (tertiary/aromatic N) is 4. The molecule has 0 N–H and O–H groups in total. The number of hydrogen-bond donors (Lipinski definition) is 0. The first kappa shape index (κ1) is 21.5. The molecule has 0 spiro atoms. The lowest BCUT2D eigenvalue weighted by Crippen LogP contribution is -2.19. The summed E-state index contributed by atoms with van der Waals surface area (Å²) in [5.41, 5.74) is 3.67. The van der Waals surface area contributed by atoms with E-state index < -0.39 is 5.97 Å². The Morgan fingerprint density at radius 1 is 1.17 bits per heavy atom. The normalized spacial score (nSPS) is 11.4. The lowest BCUT2D eigenvalue weighted by atomic mass is 9.91. The average molecular weight is 409 g/mol. The number of carbonyl (C=O) groups excluding carboxylic acids is 1. The van der Waals surface area contributed by atoms with Gasteiger partial charge in [-0.2, -0.15) is 0 Å². The molecule has 2 heterocycles. The first-order valence-electron chi connectivity index (χ1n) is 9.94. The highest BCUT2D eigenvalue weighted by Crippen LogP contribution is 2.26. The van der Waals surface area contributed by atoms with Crippen LogP contribution in [0.3, 0.4) is 0 Å². The van der Waals surface area contributed by atoms with Crippen molar-refractivity contribution in [2.75, 3.05) is 13.7 Å². The Kier molecular flexibility index (Phi) is 6.20. The topological polar surface area (TPSA) is 79.1 Å². The third-order valence-electron chi connectivity index (χ3n) is 4.62. The average Bonchev–Trinajstić information content (AvgIpc) is 3.13. The Balaban J connectivity index is 1.96. The quantitative estimate of drug-likeness (QED) is 0.573. The van der Waals surface area contributed by atoms with Crippen LogP contribution >= 0.6 is 0 Å². The van der Waals surface area contributed by atoms with Crippen molar-refractivity contribution in [3.8, 4) is 11.4 Å². The second kappa shape index (κ2) is 8.65. The molecule has 7 heteroatoms. The molecule has 0 aliphatic rings. The van der Waals surface area contributed by atoms with E-state index in [9.17, 15) is 4.79 Å². The number of benzene rings is 1. The molecule has 0 fully saturated rings. The summed E-state index contributed by atoms with van der Waals surface area (Å²) in [5, 5.41) is 0. The summed E-state index contributed by atoms with van der Waals surface area (Å²) in [7, 11) is 1.64. The van der Waals surface area contributed by atoms with E-state index in [2.05, 4.69) is 30.7 Å². The van der Waals surface area contributed by atoms with Crippen molar-refractivity contribution >= 4 is 5.97 Å². The number of carbonyl (C=O) groups is 1. The number of esters is 1. The molecule has 0 unspecified atom stereocenters. The SMILES string of the molecule is CCOC(=O)c1cc(C(C)(C)C)nc(Cc2ccc(-n3cnc(C)c3)c(OC)c2)n1. The molecular formula is C23H28N4O3. The van der Waals surface area contributed by atoms with Crippen LogP contribution in [0, 0.1) is 6.92 Å². The Hall–Kier alpha value is -3.22. The maximum absolute atomic E-state index is 12.3. The van der Waals surface area contributed by atoms with E-state index in [0.29, 0.717) is 18.9 Å². The molecule has 7 nitrogen and oxygen atoms in total. The monoisotopic (exact) mass is 408 g/mol. The molecule has 1 aromatic carbocycles. The molecule has 0 amide bonds. The summed E-state index contributed by atoms with van der Waals surface area (Å²) in [6, 6.07) is 7.66. The van der Waals surface area contributed by atoms with Crippen molar-refractivity contribution < 1.29 is 14.3 Å². The number of aromatic nitrogens is 4. The Morgan fingerprint density at radius 3 is 2.53 bits per heavy atom. The number of aryl methyl sites for hydroxylation is 1. The Bertz CT molecular complexity index is 1050. The van der Waals surface area contributed by atoms with Gasteiger partial charge in [0.15, 0.2) is 5.69 Å². The molecule has 0 aliphatic heterocycles. The smallest absolute Gasteiger partial charge is 0.357 e. The fourth-order valence-corrected chi connectivity index (χ4v) is 3.05. The predicted molar refractivity (Wildman–Crippen MR) is 114 cm³/mol. The predicted octanol–water partition coefficient (Wildman–Crippen LogP) is 4.04. The molecule has 0 saturated carbocycles. The number of ether oxygens (including phenoxy) is 2. The van der Waals surface area contributed by atoms with E-state index in [0.717, 1.165) is 28.4 Å². The fraction of sp³-hybridized carbons (Fsp3) is 0.391. The summed E-state index contributed by atoms with van der Waals surface area (Å²) in [6.07, 6.45) is 4.17. The molecule has 0 radical (unpaired) electrons. The van der Waals surface area contributed by atoms with Gasteiger partial charge in [0.1, 0.15) is 11.6 Å². The van der Waals surface area contributed by atoms with Gasteiger partial charge in [-0.05, 0) is 37.6 Å². The minimum absolute atomic E-state index is 0.222. The number of imidazole rings is 1. The molecule has 3 aromatic rings. The van der Waals surface area contributed by atoms with Crippen LogP contribution in [0.2, 0.25) is 0 Å². The number of methoxy groups -OCH3 is 1. The van der Waals surface area contributed by atoms with Gasteiger partial charge in [-0.15, -0.1) is 0 Å². The first-order valence-corrected chi connectivity index (χ1v) is 9.94. The zero-order chi connectivity index (χ0) is 21.9. The minimum atomic E-state index is -0.435. The van der Waals surface area contributed by atoms with Crippen LogP contribution in [-0.2, 0) is 16.6 Å². The van der Waals surface area contributed by atoms with E-state index in [1.807, 2.05) is 35.9 Å². The van der Waals surface area contributed by atoms with Crippen molar-refractivity contribution in [1.82, 2.24) is 19.5 Å². The maximum atomic E-state index is 12.3. The van der Waals surface area contributed by atoms with E-state index in [1.165, 1.54) is 0 Å². The first-order chi connectivity index (χ1) is 14.2. The van der Waals surface area contributed by atoms with Gasteiger partial charge in [-0.3, -0.25) is 0 Å². The van der Waals surface area contributed by atoms with Crippen LogP contribution in [0.25, 0.3) is 5.69 Å². The van der Waals surface area contributed by atoms with Crippen LogP contribution in [0.1, 0.15) is 61.0 Å². The van der Waals surface area contributed by atoms with Crippen molar-refractivity contribution in [1.29, 1.82) is 0 Å². The van der Waals surface area contributed by atoms with Crippen LogP contribution in [0.5, 0.6) is 5.75 Å². The highest BCUT2D eigenvalue weighted by Gasteiger charge is 2.21. The summed E-state index contributed by atoms with van der Waals surface area (Å²) >= 11 is 0. The maximum Gasteiger partial charge on any atom is 0.357 e. The molecule has 0 bridgehead atoms. The van der Waals surface area contributed by atoms with Crippen molar-refractivity contribution in [2.24, 2.45) is 0 Å². The van der Waals surface area contributed by atoms with Crippen LogP contribution in [0.4, 0.5) is 0 Å². The molecule has 3 rings (SSSR count). The van der Waals surface area contributed by atoms with Gasteiger partial charge >= 0.3 is 5.97 Å². The Labute approximate surface area is 177 Å². The highest BCUT2D eigenvalue weighted by atomic mass is 16.5. The molecule has 0 aliphatic carbocycles. The van der Waals surface area contributed by atoms with E-state index in [4.69, 9.17) is 14.5 Å². The van der Waals surface area contributed by atoms with Gasteiger partial charge in [0, 0.05) is 18.0 Å². The molecular weight excluding hydrogens is 380 g/mol. The number of hydrogen-bond acceptors (Lipinski definition) is 6. The molecule has 0 atom stereocenters. The number of rotatable bonds is 6. The van der Waals surface area contributed by atoms with Gasteiger partial charge < -0.3 is 14.0 Å². The van der Waals surface area contributed by atoms with E-state index in [1.54, 1.807) is 26.4 Å². The zero-order valence-corrected chi connectivity index (χ0v) is 18.4. The standard InChI is InChI=1S/C23H28N4O3/c1-7-30-22(28)17-12-20(23(3,4)5)26-21(25-17)11-16-8-9-18(19(10-16)29-6)27-13-15(2)24-14-27/h8-10,12-14H,7,11H2,1-6H3.